The smallest absolute Gasteiger partial charge is 0.264 e. The number of nitrogens with zero attached hydrogens (tertiary/aromatic N) is 2. The Kier molecular flexibility index (Phi) is 9.87. The number of benzene rings is 3. The molecule has 212 valence electrons. The molecule has 0 aromatic heterocycles. The third kappa shape index (κ3) is 7.43. The van der Waals surface area contributed by atoms with E-state index in [-0.39, 0.29) is 23.4 Å². The Balaban J connectivity index is 1.66. The zero-order chi connectivity index (χ0) is 28.7. The van der Waals surface area contributed by atoms with Gasteiger partial charge in [-0.2, -0.15) is 0 Å². The van der Waals surface area contributed by atoms with Crippen LogP contribution >= 0.6 is 11.6 Å². The third-order valence-electron chi connectivity index (χ3n) is 7.28. The van der Waals surface area contributed by atoms with Crippen molar-refractivity contribution in [1.29, 1.82) is 0 Å². The van der Waals surface area contributed by atoms with Crippen LogP contribution in [0.4, 0.5) is 5.69 Å². The van der Waals surface area contributed by atoms with E-state index in [2.05, 4.69) is 5.32 Å². The van der Waals surface area contributed by atoms with E-state index in [0.717, 1.165) is 47.5 Å². The number of anilines is 1. The van der Waals surface area contributed by atoms with Gasteiger partial charge in [-0.05, 0) is 68.7 Å². The van der Waals surface area contributed by atoms with Crippen molar-refractivity contribution < 1.29 is 18.0 Å². The van der Waals surface area contributed by atoms with Gasteiger partial charge < -0.3 is 10.2 Å². The van der Waals surface area contributed by atoms with Gasteiger partial charge in [0.15, 0.2) is 0 Å². The lowest BCUT2D eigenvalue weighted by atomic mass is 9.95. The molecule has 0 heterocycles. The highest BCUT2D eigenvalue weighted by Gasteiger charge is 2.33. The number of hydrogen-bond acceptors (Lipinski definition) is 4. The van der Waals surface area contributed by atoms with Crippen LogP contribution in [-0.2, 0) is 26.2 Å². The van der Waals surface area contributed by atoms with Gasteiger partial charge in [-0.25, -0.2) is 8.42 Å². The first kappa shape index (κ1) is 29.6. The number of carbonyl (C=O) groups excluding carboxylic acids is 2. The summed E-state index contributed by atoms with van der Waals surface area (Å²) in [6, 6.07) is 21.3. The second kappa shape index (κ2) is 13.3. The molecular weight excluding hydrogens is 546 g/mol. The second-order valence-corrected chi connectivity index (χ2v) is 12.6. The number of halogens is 1. The maximum atomic E-state index is 14.0. The summed E-state index contributed by atoms with van der Waals surface area (Å²) in [7, 11) is -4.10. The topological polar surface area (TPSA) is 86.8 Å². The molecule has 4 rings (SSSR count). The Morgan fingerprint density at radius 1 is 0.950 bits per heavy atom. The Labute approximate surface area is 242 Å². The highest BCUT2D eigenvalue weighted by atomic mass is 35.5. The molecule has 1 aliphatic rings. The lowest BCUT2D eigenvalue weighted by Gasteiger charge is -2.33. The van der Waals surface area contributed by atoms with Gasteiger partial charge in [-0.1, -0.05) is 78.9 Å². The molecule has 1 N–H and O–H groups in total. The fraction of sp³-hybridized carbons (Fsp3) is 0.355. The zero-order valence-corrected chi connectivity index (χ0v) is 24.5. The standard InChI is InChI=1S/C31H36ClN3O4S/c1-23-10-9-11-25(20-23)21-34(24(2)31(37)33-27-12-5-3-6-13-27)30(36)22-35(28-18-16-26(32)17-19-28)40(38,39)29-14-7-4-8-15-29/h4,7-11,14-20,24,27H,3,5-6,12-13,21-22H2,1-2H3,(H,33,37). The van der Waals surface area contributed by atoms with Crippen LogP contribution in [-0.4, -0.2) is 43.8 Å². The number of rotatable bonds is 10. The van der Waals surface area contributed by atoms with Crippen molar-refractivity contribution in [1.82, 2.24) is 10.2 Å². The molecule has 1 unspecified atom stereocenters. The zero-order valence-electron chi connectivity index (χ0n) is 22.9. The molecule has 0 bridgehead atoms. The average molecular weight is 582 g/mol. The van der Waals surface area contributed by atoms with Gasteiger partial charge >= 0.3 is 0 Å². The van der Waals surface area contributed by atoms with Crippen LogP contribution in [0.3, 0.4) is 0 Å². The Hall–Kier alpha value is -3.36. The van der Waals surface area contributed by atoms with Crippen LogP contribution < -0.4 is 9.62 Å². The van der Waals surface area contributed by atoms with Crippen molar-refractivity contribution in [3.05, 3.63) is 95.0 Å². The predicted octanol–water partition coefficient (Wildman–Crippen LogP) is 5.71. The van der Waals surface area contributed by atoms with E-state index in [1.54, 1.807) is 49.4 Å². The van der Waals surface area contributed by atoms with Crippen LogP contribution in [0.2, 0.25) is 5.02 Å². The van der Waals surface area contributed by atoms with Crippen molar-refractivity contribution >= 4 is 39.1 Å². The molecule has 0 radical (unpaired) electrons. The van der Waals surface area contributed by atoms with Crippen molar-refractivity contribution in [2.45, 2.75) is 69.5 Å². The molecule has 3 aromatic rings. The van der Waals surface area contributed by atoms with E-state index in [1.165, 1.54) is 17.0 Å². The van der Waals surface area contributed by atoms with Crippen molar-refractivity contribution in [3.63, 3.8) is 0 Å². The van der Waals surface area contributed by atoms with Crippen LogP contribution in [0.15, 0.2) is 83.8 Å². The summed E-state index contributed by atoms with van der Waals surface area (Å²) >= 11 is 6.08. The quantitative estimate of drug-likeness (QED) is 0.332. The Morgan fingerprint density at radius 3 is 2.27 bits per heavy atom. The van der Waals surface area contributed by atoms with Crippen LogP contribution in [0.25, 0.3) is 0 Å². The normalized spacial score (nSPS) is 14.8. The Morgan fingerprint density at radius 2 is 1.62 bits per heavy atom. The van der Waals surface area contributed by atoms with E-state index >= 15 is 0 Å². The molecule has 1 aliphatic carbocycles. The fourth-order valence-electron chi connectivity index (χ4n) is 5.01. The minimum atomic E-state index is -4.10. The van der Waals surface area contributed by atoms with E-state index in [9.17, 15) is 18.0 Å². The molecule has 0 saturated heterocycles. The van der Waals surface area contributed by atoms with Crippen LogP contribution in [0, 0.1) is 6.92 Å². The summed E-state index contributed by atoms with van der Waals surface area (Å²) in [5.74, 6) is -0.723. The molecule has 40 heavy (non-hydrogen) atoms. The van der Waals surface area contributed by atoms with Crippen molar-refractivity contribution in [2.24, 2.45) is 0 Å². The Bertz CT molecular complexity index is 1410. The molecule has 1 saturated carbocycles. The molecule has 1 fully saturated rings. The largest absolute Gasteiger partial charge is 0.352 e. The first-order chi connectivity index (χ1) is 19.1. The van der Waals surface area contributed by atoms with E-state index < -0.39 is 28.5 Å². The minimum Gasteiger partial charge on any atom is -0.352 e. The highest BCUT2D eigenvalue weighted by Crippen LogP contribution is 2.26. The number of carbonyl (C=O) groups is 2. The number of aryl methyl sites for hydroxylation is 1. The molecule has 3 aromatic carbocycles. The number of hydrogen-bond donors (Lipinski definition) is 1. The highest BCUT2D eigenvalue weighted by molar-refractivity contribution is 7.92. The molecule has 1 atom stereocenters. The number of amides is 2. The fourth-order valence-corrected chi connectivity index (χ4v) is 6.58. The maximum absolute atomic E-state index is 14.0. The van der Waals surface area contributed by atoms with Crippen molar-refractivity contribution in [2.75, 3.05) is 10.8 Å². The second-order valence-electron chi connectivity index (χ2n) is 10.3. The molecule has 0 aliphatic heterocycles. The van der Waals surface area contributed by atoms with Gasteiger partial charge in [-0.3, -0.25) is 13.9 Å². The SMILES string of the molecule is Cc1cccc(CN(C(=O)CN(c2ccc(Cl)cc2)S(=O)(=O)c2ccccc2)C(C)C(=O)NC2CCCCC2)c1. The molecule has 0 spiro atoms. The lowest BCUT2D eigenvalue weighted by Crippen LogP contribution is -2.53. The third-order valence-corrected chi connectivity index (χ3v) is 9.32. The summed E-state index contributed by atoms with van der Waals surface area (Å²) in [5, 5.41) is 3.56. The minimum absolute atomic E-state index is 0.0612. The average Bonchev–Trinajstić information content (AvgIpc) is 2.95. The molecule has 2 amide bonds. The summed E-state index contributed by atoms with van der Waals surface area (Å²) < 4.78 is 28.7. The summed E-state index contributed by atoms with van der Waals surface area (Å²) in [4.78, 5) is 28.9. The van der Waals surface area contributed by atoms with Gasteiger partial charge in [0, 0.05) is 17.6 Å². The number of sulfonamides is 1. The lowest BCUT2D eigenvalue weighted by molar-refractivity contribution is -0.139. The van der Waals surface area contributed by atoms with E-state index in [0.29, 0.717) is 10.7 Å². The first-order valence-electron chi connectivity index (χ1n) is 13.6. The van der Waals surface area contributed by atoms with Gasteiger partial charge in [-0.15, -0.1) is 0 Å². The predicted molar refractivity (Wildman–Crippen MR) is 159 cm³/mol. The van der Waals surface area contributed by atoms with Gasteiger partial charge in [0.25, 0.3) is 10.0 Å². The van der Waals surface area contributed by atoms with E-state index in [4.69, 9.17) is 11.6 Å². The van der Waals surface area contributed by atoms with Gasteiger partial charge in [0.2, 0.25) is 11.8 Å². The monoisotopic (exact) mass is 581 g/mol. The van der Waals surface area contributed by atoms with Gasteiger partial charge in [0.05, 0.1) is 10.6 Å². The van der Waals surface area contributed by atoms with Crippen LogP contribution in [0.5, 0.6) is 0 Å². The summed E-state index contributed by atoms with van der Waals surface area (Å²) in [5.41, 5.74) is 2.18. The van der Waals surface area contributed by atoms with Crippen molar-refractivity contribution in [3.8, 4) is 0 Å². The summed E-state index contributed by atoms with van der Waals surface area (Å²) in [6.45, 7) is 3.35. The molecule has 9 heteroatoms. The van der Waals surface area contributed by atoms with E-state index in [1.807, 2.05) is 31.2 Å². The van der Waals surface area contributed by atoms with Crippen LogP contribution in [0.1, 0.15) is 50.2 Å². The number of nitrogens with one attached hydrogen (secondary N) is 1. The molecular formula is C31H36ClN3O4S. The van der Waals surface area contributed by atoms with Gasteiger partial charge in [0.1, 0.15) is 12.6 Å². The summed E-state index contributed by atoms with van der Waals surface area (Å²) in [6.07, 6.45) is 5.14. The maximum Gasteiger partial charge on any atom is 0.264 e. The molecule has 7 nitrogen and oxygen atoms in total. The first-order valence-corrected chi connectivity index (χ1v) is 15.5.